The van der Waals surface area contributed by atoms with Crippen molar-refractivity contribution in [1.82, 2.24) is 4.98 Å². The van der Waals surface area contributed by atoms with Gasteiger partial charge in [-0.2, -0.15) is 0 Å². The Balaban J connectivity index is 2.76. The average molecular weight is 151 g/mol. The van der Waals surface area contributed by atoms with Crippen LogP contribution in [0.4, 0.5) is 0 Å². The Bertz CT molecular complexity index is 320. The van der Waals surface area contributed by atoms with Crippen LogP contribution in [0.5, 0.6) is 11.6 Å². The molecule has 0 atom stereocenters. The van der Waals surface area contributed by atoms with E-state index in [1.807, 2.05) is 20.8 Å². The molecular formula is C8H9NO2. The maximum absolute atomic E-state index is 4.96. The van der Waals surface area contributed by atoms with E-state index >= 15 is 0 Å². The summed E-state index contributed by atoms with van der Waals surface area (Å²) in [6.07, 6.45) is 0. The number of nitrogens with zero attached hydrogens (tertiary/aromatic N) is 1. The number of rotatable bonds is 0. The summed E-state index contributed by atoms with van der Waals surface area (Å²) in [6, 6.07) is 0. The van der Waals surface area contributed by atoms with Crippen molar-refractivity contribution in [2.24, 2.45) is 0 Å². The number of hydrogen-bond acceptors (Lipinski definition) is 3. The second-order valence-electron chi connectivity index (χ2n) is 2.75. The Morgan fingerprint density at radius 1 is 1.00 bits per heavy atom. The lowest BCUT2D eigenvalue weighted by Gasteiger charge is -1.97. The molecule has 0 saturated carbocycles. The van der Waals surface area contributed by atoms with Crippen LogP contribution in [0.1, 0.15) is 16.8 Å². The molecule has 2 heterocycles. The highest BCUT2D eigenvalue weighted by Gasteiger charge is 2.22. The van der Waals surface area contributed by atoms with Crippen LogP contribution in [0.3, 0.4) is 0 Å². The first-order valence-electron chi connectivity index (χ1n) is 3.52. The zero-order valence-corrected chi connectivity index (χ0v) is 6.76. The molecule has 1 aromatic rings. The Morgan fingerprint density at radius 3 is 2.45 bits per heavy atom. The third-order valence-corrected chi connectivity index (χ3v) is 2.02. The Hall–Kier alpha value is -1.25. The maximum atomic E-state index is 4.96. The van der Waals surface area contributed by atoms with Crippen LogP contribution < -0.4 is 9.78 Å². The largest absolute Gasteiger partial charge is 0.287 e. The first kappa shape index (κ1) is 6.46. The molecule has 0 amide bonds. The predicted molar refractivity (Wildman–Crippen MR) is 39.7 cm³/mol. The van der Waals surface area contributed by atoms with E-state index in [1.165, 1.54) is 0 Å². The second kappa shape index (κ2) is 1.87. The van der Waals surface area contributed by atoms with Gasteiger partial charge in [-0.3, -0.25) is 9.78 Å². The summed E-state index contributed by atoms with van der Waals surface area (Å²) in [4.78, 5) is 14.0. The lowest BCUT2D eigenvalue weighted by Crippen LogP contribution is -1.91. The van der Waals surface area contributed by atoms with Crippen molar-refractivity contribution < 1.29 is 9.78 Å². The topological polar surface area (TPSA) is 31.4 Å². The summed E-state index contributed by atoms with van der Waals surface area (Å²) in [5.41, 5.74) is 3.02. The molecule has 3 nitrogen and oxygen atoms in total. The van der Waals surface area contributed by atoms with Crippen molar-refractivity contribution in [3.8, 4) is 11.6 Å². The fourth-order valence-corrected chi connectivity index (χ4v) is 1.15. The van der Waals surface area contributed by atoms with E-state index in [1.54, 1.807) is 0 Å². The van der Waals surface area contributed by atoms with Gasteiger partial charge in [0.1, 0.15) is 0 Å². The summed E-state index contributed by atoms with van der Waals surface area (Å²) in [6.45, 7) is 5.86. The van der Waals surface area contributed by atoms with E-state index in [2.05, 4.69) is 4.98 Å². The van der Waals surface area contributed by atoms with Crippen molar-refractivity contribution in [2.75, 3.05) is 0 Å². The molecule has 11 heavy (non-hydrogen) atoms. The summed E-state index contributed by atoms with van der Waals surface area (Å²) in [7, 11) is 0. The van der Waals surface area contributed by atoms with Gasteiger partial charge < -0.3 is 0 Å². The van der Waals surface area contributed by atoms with Gasteiger partial charge in [-0.25, -0.2) is 4.98 Å². The van der Waals surface area contributed by atoms with Gasteiger partial charge in [0, 0.05) is 11.3 Å². The van der Waals surface area contributed by atoms with Crippen LogP contribution in [0, 0.1) is 20.8 Å². The van der Waals surface area contributed by atoms with Crippen molar-refractivity contribution in [3.05, 3.63) is 16.8 Å². The first-order chi connectivity index (χ1) is 5.20. The number of aryl methyl sites for hydroxylation is 1. The highest BCUT2D eigenvalue weighted by atomic mass is 17.2. The van der Waals surface area contributed by atoms with Gasteiger partial charge in [0.25, 0.3) is 5.88 Å². The molecule has 0 N–H and O–H groups in total. The molecule has 3 heteroatoms. The molecule has 1 aliphatic rings. The van der Waals surface area contributed by atoms with Crippen LogP contribution in [0.2, 0.25) is 0 Å². The SMILES string of the molecule is Cc1nc2c(C)c(c1C)OO2. The van der Waals surface area contributed by atoms with Crippen LogP contribution in [0.25, 0.3) is 0 Å². The number of hydrogen-bond donors (Lipinski definition) is 0. The zero-order valence-electron chi connectivity index (χ0n) is 6.76. The van der Waals surface area contributed by atoms with Crippen molar-refractivity contribution >= 4 is 0 Å². The molecule has 2 bridgehead atoms. The molecule has 0 saturated heterocycles. The van der Waals surface area contributed by atoms with Crippen LogP contribution in [0.15, 0.2) is 0 Å². The summed E-state index contributed by atoms with van der Waals surface area (Å²) in [5, 5.41) is 0. The second-order valence-corrected chi connectivity index (χ2v) is 2.75. The van der Waals surface area contributed by atoms with E-state index in [0.29, 0.717) is 5.88 Å². The molecule has 2 rings (SSSR count). The molecule has 0 aliphatic carbocycles. The molecule has 0 fully saturated rings. The van der Waals surface area contributed by atoms with Gasteiger partial charge in [-0.15, -0.1) is 0 Å². The smallest absolute Gasteiger partial charge is 0.276 e. The normalized spacial score (nSPS) is 12.6. The molecule has 0 aromatic carbocycles. The number of pyridine rings is 1. The predicted octanol–water partition coefficient (Wildman–Crippen LogP) is 1.69. The summed E-state index contributed by atoms with van der Waals surface area (Å²) < 4.78 is 0. The minimum absolute atomic E-state index is 0.600. The minimum atomic E-state index is 0.600. The van der Waals surface area contributed by atoms with E-state index in [9.17, 15) is 0 Å². The average Bonchev–Trinajstić information content (AvgIpc) is 2.23. The summed E-state index contributed by atoms with van der Waals surface area (Å²) in [5.74, 6) is 1.43. The van der Waals surface area contributed by atoms with Crippen LogP contribution >= 0.6 is 0 Å². The number of fused-ring (bicyclic) bond motifs is 2. The van der Waals surface area contributed by atoms with Crippen LogP contribution in [-0.4, -0.2) is 4.98 Å². The van der Waals surface area contributed by atoms with E-state index in [4.69, 9.17) is 9.78 Å². The molecular weight excluding hydrogens is 142 g/mol. The van der Waals surface area contributed by atoms with Gasteiger partial charge in [0.05, 0.1) is 5.56 Å². The van der Waals surface area contributed by atoms with E-state index in [-0.39, 0.29) is 0 Å². The fraction of sp³-hybridized carbons (Fsp3) is 0.375. The lowest BCUT2D eigenvalue weighted by atomic mass is 10.1. The van der Waals surface area contributed by atoms with Gasteiger partial charge in [-0.05, 0) is 20.8 Å². The summed E-state index contributed by atoms with van der Waals surface area (Å²) >= 11 is 0. The van der Waals surface area contributed by atoms with E-state index in [0.717, 1.165) is 22.6 Å². The number of aromatic nitrogens is 1. The Morgan fingerprint density at radius 2 is 1.73 bits per heavy atom. The molecule has 1 aliphatic heterocycles. The molecule has 58 valence electrons. The molecule has 1 aromatic heterocycles. The van der Waals surface area contributed by atoms with E-state index < -0.39 is 0 Å². The third kappa shape index (κ3) is 0.707. The standard InChI is InChI=1S/C8H9NO2/c1-4-6(3)9-8-5(2)7(4)10-11-8/h1-3H3. The molecule has 0 radical (unpaired) electrons. The molecule has 0 unspecified atom stereocenters. The molecule has 0 spiro atoms. The fourth-order valence-electron chi connectivity index (χ4n) is 1.15. The quantitative estimate of drug-likeness (QED) is 0.529. The van der Waals surface area contributed by atoms with Gasteiger partial charge in [0.15, 0.2) is 5.75 Å². The van der Waals surface area contributed by atoms with Crippen molar-refractivity contribution in [3.63, 3.8) is 0 Å². The Kier molecular flexibility index (Phi) is 1.10. The highest BCUT2D eigenvalue weighted by Crippen LogP contribution is 2.36. The monoisotopic (exact) mass is 151 g/mol. The lowest BCUT2D eigenvalue weighted by molar-refractivity contribution is -0.0885. The minimum Gasteiger partial charge on any atom is -0.287 e. The highest BCUT2D eigenvalue weighted by molar-refractivity contribution is 5.48. The zero-order chi connectivity index (χ0) is 8.01. The van der Waals surface area contributed by atoms with Crippen LogP contribution in [-0.2, 0) is 0 Å². The van der Waals surface area contributed by atoms with Crippen molar-refractivity contribution in [1.29, 1.82) is 0 Å². The first-order valence-corrected chi connectivity index (χ1v) is 3.52. The van der Waals surface area contributed by atoms with Gasteiger partial charge >= 0.3 is 0 Å². The van der Waals surface area contributed by atoms with Gasteiger partial charge in [-0.1, -0.05) is 0 Å². The third-order valence-electron chi connectivity index (χ3n) is 2.02. The maximum Gasteiger partial charge on any atom is 0.276 e. The van der Waals surface area contributed by atoms with Gasteiger partial charge in [0.2, 0.25) is 0 Å². The Labute approximate surface area is 64.9 Å². The van der Waals surface area contributed by atoms with Crippen molar-refractivity contribution in [2.45, 2.75) is 20.8 Å².